The van der Waals surface area contributed by atoms with E-state index in [0.717, 1.165) is 0 Å². The Balaban J connectivity index is 1.49. The molecule has 1 aliphatic rings. The molecule has 0 saturated carbocycles. The number of furan rings is 1. The van der Waals surface area contributed by atoms with Crippen molar-refractivity contribution < 1.29 is 23.5 Å². The largest absolute Gasteiger partial charge is 0.469 e. The van der Waals surface area contributed by atoms with Gasteiger partial charge in [-0.05, 0) is 18.6 Å². The monoisotopic (exact) mass is 377 g/mol. The van der Waals surface area contributed by atoms with E-state index in [1.807, 2.05) is 6.07 Å². The zero-order chi connectivity index (χ0) is 18.5. The third kappa shape index (κ3) is 4.29. The normalized spacial score (nSPS) is 16.7. The molecule has 1 aliphatic heterocycles. The average Bonchev–Trinajstić information content (AvgIpc) is 3.36. The highest BCUT2D eigenvalue weighted by Crippen LogP contribution is 2.24. The minimum atomic E-state index is -0.552. The van der Waals surface area contributed by atoms with Crippen molar-refractivity contribution in [3.05, 3.63) is 29.5 Å². The SMILES string of the molecule is COC(=O)CCN1CCC(NC(=O)Cc2csc(-c3ccco3)n2)C1=O. The lowest BCUT2D eigenvalue weighted by Gasteiger charge is -2.16. The number of thiazole rings is 1. The smallest absolute Gasteiger partial charge is 0.307 e. The van der Waals surface area contributed by atoms with Gasteiger partial charge in [0, 0.05) is 18.5 Å². The molecule has 26 heavy (non-hydrogen) atoms. The molecule has 8 nitrogen and oxygen atoms in total. The minimum Gasteiger partial charge on any atom is -0.469 e. The molecular weight excluding hydrogens is 358 g/mol. The second kappa shape index (κ2) is 8.13. The second-order valence-corrected chi connectivity index (χ2v) is 6.72. The lowest BCUT2D eigenvalue weighted by atomic mass is 10.2. The number of likely N-dealkylation sites (tertiary alicyclic amines) is 1. The third-order valence-corrected chi connectivity index (χ3v) is 4.98. The van der Waals surface area contributed by atoms with Crippen LogP contribution in [0.5, 0.6) is 0 Å². The predicted molar refractivity (Wildman–Crippen MR) is 93.3 cm³/mol. The van der Waals surface area contributed by atoms with Gasteiger partial charge in [-0.15, -0.1) is 11.3 Å². The number of methoxy groups -OCH3 is 1. The first-order chi connectivity index (χ1) is 12.6. The number of carbonyl (C=O) groups is 3. The van der Waals surface area contributed by atoms with Crippen molar-refractivity contribution >= 4 is 29.1 Å². The van der Waals surface area contributed by atoms with Crippen LogP contribution >= 0.6 is 11.3 Å². The number of aromatic nitrogens is 1. The van der Waals surface area contributed by atoms with Crippen molar-refractivity contribution in [2.45, 2.75) is 25.3 Å². The Kier molecular flexibility index (Phi) is 5.67. The van der Waals surface area contributed by atoms with Crippen molar-refractivity contribution in [3.8, 4) is 10.8 Å². The number of ether oxygens (including phenoxy) is 1. The van der Waals surface area contributed by atoms with Crippen molar-refractivity contribution in [1.29, 1.82) is 0 Å². The molecule has 0 bridgehead atoms. The maximum Gasteiger partial charge on any atom is 0.307 e. The Morgan fingerprint density at radius 1 is 1.50 bits per heavy atom. The molecule has 1 saturated heterocycles. The van der Waals surface area contributed by atoms with Crippen LogP contribution in [0.15, 0.2) is 28.2 Å². The zero-order valence-corrected chi connectivity index (χ0v) is 15.1. The van der Waals surface area contributed by atoms with Crippen LogP contribution in [0, 0.1) is 0 Å². The van der Waals surface area contributed by atoms with E-state index in [4.69, 9.17) is 4.42 Å². The molecule has 3 rings (SSSR count). The van der Waals surface area contributed by atoms with E-state index in [1.54, 1.807) is 22.6 Å². The first-order valence-corrected chi connectivity index (χ1v) is 9.08. The molecule has 0 spiro atoms. The van der Waals surface area contributed by atoms with E-state index < -0.39 is 6.04 Å². The first kappa shape index (κ1) is 18.1. The maximum absolute atomic E-state index is 12.3. The summed E-state index contributed by atoms with van der Waals surface area (Å²) in [6.07, 6.45) is 2.35. The summed E-state index contributed by atoms with van der Waals surface area (Å²) in [6.45, 7) is 0.816. The zero-order valence-electron chi connectivity index (χ0n) is 14.3. The van der Waals surface area contributed by atoms with Gasteiger partial charge in [0.25, 0.3) is 0 Å². The molecule has 0 aromatic carbocycles. The Bertz CT molecular complexity index is 786. The molecular formula is C17H19N3O5S. The Hall–Kier alpha value is -2.68. The van der Waals surface area contributed by atoms with Crippen LogP contribution in [-0.2, 0) is 25.5 Å². The van der Waals surface area contributed by atoms with Gasteiger partial charge in [-0.25, -0.2) is 4.98 Å². The van der Waals surface area contributed by atoms with E-state index in [0.29, 0.717) is 36.0 Å². The number of esters is 1. The van der Waals surface area contributed by atoms with E-state index in [1.165, 1.54) is 18.4 Å². The fourth-order valence-electron chi connectivity index (χ4n) is 2.73. The van der Waals surface area contributed by atoms with Gasteiger partial charge < -0.3 is 19.4 Å². The van der Waals surface area contributed by atoms with Gasteiger partial charge in [0.1, 0.15) is 6.04 Å². The van der Waals surface area contributed by atoms with Crippen molar-refractivity contribution in [2.24, 2.45) is 0 Å². The molecule has 0 aliphatic carbocycles. The number of carbonyl (C=O) groups excluding carboxylic acids is 3. The van der Waals surface area contributed by atoms with Crippen LogP contribution in [0.2, 0.25) is 0 Å². The summed E-state index contributed by atoms with van der Waals surface area (Å²) >= 11 is 1.40. The number of nitrogens with zero attached hydrogens (tertiary/aromatic N) is 2. The van der Waals surface area contributed by atoms with Gasteiger partial charge in [0.15, 0.2) is 10.8 Å². The molecule has 2 aromatic rings. The Morgan fingerprint density at radius 3 is 3.08 bits per heavy atom. The minimum absolute atomic E-state index is 0.100. The van der Waals surface area contributed by atoms with Crippen LogP contribution in [0.1, 0.15) is 18.5 Å². The highest BCUT2D eigenvalue weighted by molar-refractivity contribution is 7.13. The molecule has 3 heterocycles. The quantitative estimate of drug-likeness (QED) is 0.728. The first-order valence-electron chi connectivity index (χ1n) is 8.20. The van der Waals surface area contributed by atoms with Crippen LogP contribution in [0.25, 0.3) is 10.8 Å². The standard InChI is InChI=1S/C17H19N3O5S/c1-24-15(22)5-7-20-6-4-12(17(20)23)19-14(21)9-11-10-26-16(18-11)13-3-2-8-25-13/h2-3,8,10,12H,4-7,9H2,1H3,(H,19,21). The lowest BCUT2D eigenvalue weighted by molar-refractivity contribution is -0.141. The summed E-state index contributed by atoms with van der Waals surface area (Å²) in [4.78, 5) is 41.6. The van der Waals surface area contributed by atoms with Crippen LogP contribution in [0.4, 0.5) is 0 Å². The fourth-order valence-corrected chi connectivity index (χ4v) is 3.52. The molecule has 1 N–H and O–H groups in total. The van der Waals surface area contributed by atoms with E-state index in [-0.39, 0.29) is 30.6 Å². The second-order valence-electron chi connectivity index (χ2n) is 5.86. The highest BCUT2D eigenvalue weighted by Gasteiger charge is 2.32. The summed E-state index contributed by atoms with van der Waals surface area (Å²) in [5.74, 6) is -0.124. The fraction of sp³-hybridized carbons (Fsp3) is 0.412. The van der Waals surface area contributed by atoms with Gasteiger partial charge in [-0.1, -0.05) is 0 Å². The van der Waals surface area contributed by atoms with Crippen molar-refractivity contribution in [1.82, 2.24) is 15.2 Å². The van der Waals surface area contributed by atoms with Crippen LogP contribution in [-0.4, -0.2) is 53.9 Å². The van der Waals surface area contributed by atoms with Crippen LogP contribution in [0.3, 0.4) is 0 Å². The molecule has 0 radical (unpaired) electrons. The molecule has 1 unspecified atom stereocenters. The van der Waals surface area contributed by atoms with E-state index in [9.17, 15) is 14.4 Å². The lowest BCUT2D eigenvalue weighted by Crippen LogP contribution is -2.42. The van der Waals surface area contributed by atoms with Gasteiger partial charge in [0.2, 0.25) is 11.8 Å². The highest BCUT2D eigenvalue weighted by atomic mass is 32.1. The van der Waals surface area contributed by atoms with Gasteiger partial charge in [-0.2, -0.15) is 0 Å². The summed E-state index contributed by atoms with van der Waals surface area (Å²) in [5.41, 5.74) is 0.631. The van der Waals surface area contributed by atoms with Crippen molar-refractivity contribution in [3.63, 3.8) is 0 Å². The van der Waals surface area contributed by atoms with Gasteiger partial charge in [0.05, 0.1) is 31.9 Å². The molecule has 1 fully saturated rings. The summed E-state index contributed by atoms with van der Waals surface area (Å²) < 4.78 is 9.86. The topological polar surface area (TPSA) is 102 Å². The number of nitrogens with one attached hydrogen (secondary N) is 1. The molecule has 1 atom stereocenters. The molecule has 138 valence electrons. The van der Waals surface area contributed by atoms with E-state index in [2.05, 4.69) is 15.0 Å². The van der Waals surface area contributed by atoms with Gasteiger partial charge >= 0.3 is 5.97 Å². The summed E-state index contributed by atoms with van der Waals surface area (Å²) in [6, 6.07) is 3.03. The number of hydrogen-bond donors (Lipinski definition) is 1. The predicted octanol–water partition coefficient (Wildman–Crippen LogP) is 1.23. The number of rotatable bonds is 7. The molecule has 2 amide bonds. The van der Waals surface area contributed by atoms with Crippen LogP contribution < -0.4 is 5.32 Å². The number of hydrogen-bond acceptors (Lipinski definition) is 7. The molecule has 2 aromatic heterocycles. The Morgan fingerprint density at radius 2 is 2.35 bits per heavy atom. The van der Waals surface area contributed by atoms with Gasteiger partial charge in [-0.3, -0.25) is 14.4 Å². The summed E-state index contributed by atoms with van der Waals surface area (Å²) in [5, 5.41) is 5.26. The average molecular weight is 377 g/mol. The third-order valence-electron chi connectivity index (χ3n) is 4.07. The maximum atomic E-state index is 12.3. The Labute approximate surface area is 154 Å². The van der Waals surface area contributed by atoms with Crippen molar-refractivity contribution in [2.75, 3.05) is 20.2 Å². The summed E-state index contributed by atoms with van der Waals surface area (Å²) in [7, 11) is 1.31. The number of amides is 2. The molecule has 9 heteroatoms. The van der Waals surface area contributed by atoms with E-state index >= 15 is 0 Å².